The van der Waals surface area contributed by atoms with E-state index in [0.717, 1.165) is 30.5 Å². The Morgan fingerprint density at radius 1 is 1.05 bits per heavy atom. The van der Waals surface area contributed by atoms with Gasteiger partial charge in [-0.05, 0) is 65.9 Å². The van der Waals surface area contributed by atoms with E-state index in [1.807, 2.05) is 26.0 Å². The van der Waals surface area contributed by atoms with Crippen molar-refractivity contribution in [1.29, 1.82) is 5.41 Å². The van der Waals surface area contributed by atoms with Crippen LogP contribution in [0.3, 0.4) is 0 Å². The summed E-state index contributed by atoms with van der Waals surface area (Å²) in [6, 6.07) is 16.8. The van der Waals surface area contributed by atoms with E-state index in [9.17, 15) is 14.7 Å². The standard InChI is InChI=1S/C32H34FN3O4.C2H6/c1-35-29-15-13-23(18-25(29)20-34)24-12-14-27(28(33)19-24)32(39)36(31(38)22-8-4-3-5-9-22)26-10-6-7-21(17-26)11-16-30(37)40-2;1-2/h6-7,10-20,22,32,34-35,39H,3-5,8-9H2,1-2H3;1-2H3/b16-11+,34-20?;. The van der Waals surface area contributed by atoms with Gasteiger partial charge in [0, 0.05) is 47.8 Å². The van der Waals surface area contributed by atoms with Gasteiger partial charge in [0.25, 0.3) is 0 Å². The number of halogens is 1. The van der Waals surface area contributed by atoms with Crippen LogP contribution in [0.5, 0.6) is 0 Å². The average Bonchev–Trinajstić information content (AvgIpc) is 3.04. The number of hydrogen-bond donors (Lipinski definition) is 3. The van der Waals surface area contributed by atoms with Crippen LogP contribution in [0.2, 0.25) is 0 Å². The lowest BCUT2D eigenvalue weighted by Crippen LogP contribution is -2.40. The van der Waals surface area contributed by atoms with E-state index in [4.69, 9.17) is 5.41 Å². The minimum absolute atomic E-state index is 0.0254. The molecule has 1 aliphatic carbocycles. The van der Waals surface area contributed by atoms with E-state index in [2.05, 4.69) is 10.1 Å². The number of methoxy groups -OCH3 is 1. The fourth-order valence-electron chi connectivity index (χ4n) is 5.09. The van der Waals surface area contributed by atoms with Crippen molar-refractivity contribution in [3.8, 4) is 11.1 Å². The lowest BCUT2D eigenvalue weighted by molar-refractivity contribution is -0.134. The number of benzene rings is 3. The van der Waals surface area contributed by atoms with Gasteiger partial charge in [0.15, 0.2) is 6.23 Å². The molecule has 1 amide bonds. The highest BCUT2D eigenvalue weighted by Gasteiger charge is 2.33. The quantitative estimate of drug-likeness (QED) is 0.108. The summed E-state index contributed by atoms with van der Waals surface area (Å²) < 4.78 is 20.3. The minimum atomic E-state index is -1.56. The number of ether oxygens (including phenoxy) is 1. The van der Waals surface area contributed by atoms with Gasteiger partial charge < -0.3 is 20.6 Å². The normalized spacial score (nSPS) is 14.0. The van der Waals surface area contributed by atoms with Gasteiger partial charge in [0.1, 0.15) is 5.82 Å². The van der Waals surface area contributed by atoms with Gasteiger partial charge in [-0.1, -0.05) is 63.4 Å². The molecule has 0 saturated heterocycles. The van der Waals surface area contributed by atoms with Gasteiger partial charge in [-0.2, -0.15) is 0 Å². The Balaban J connectivity index is 0.00000237. The largest absolute Gasteiger partial charge is 0.466 e. The van der Waals surface area contributed by atoms with E-state index in [1.165, 1.54) is 36.4 Å². The summed E-state index contributed by atoms with van der Waals surface area (Å²) >= 11 is 0. The summed E-state index contributed by atoms with van der Waals surface area (Å²) in [5.41, 5.74) is 3.75. The molecule has 3 aromatic carbocycles. The Labute approximate surface area is 247 Å². The van der Waals surface area contributed by atoms with Gasteiger partial charge >= 0.3 is 5.97 Å². The molecule has 0 bridgehead atoms. The van der Waals surface area contributed by atoms with Crippen LogP contribution >= 0.6 is 0 Å². The fourth-order valence-corrected chi connectivity index (χ4v) is 5.09. The Kier molecular flexibility index (Phi) is 12.0. The second-order valence-corrected chi connectivity index (χ2v) is 9.80. The van der Waals surface area contributed by atoms with Crippen LogP contribution in [0.4, 0.5) is 15.8 Å². The Morgan fingerprint density at radius 3 is 2.38 bits per heavy atom. The van der Waals surface area contributed by atoms with Crippen LogP contribution in [0.25, 0.3) is 17.2 Å². The first kappa shape index (κ1) is 32.2. The molecule has 1 fully saturated rings. The Bertz CT molecular complexity index is 1420. The van der Waals surface area contributed by atoms with Gasteiger partial charge in [0.2, 0.25) is 5.91 Å². The second-order valence-electron chi connectivity index (χ2n) is 9.80. The Hall–Kier alpha value is -4.30. The highest BCUT2D eigenvalue weighted by Crippen LogP contribution is 2.35. The molecule has 3 aromatic rings. The number of carbonyl (C=O) groups excluding carboxylic acids is 2. The van der Waals surface area contributed by atoms with E-state index >= 15 is 4.39 Å². The number of nitrogens with zero attached hydrogens (tertiary/aromatic N) is 1. The lowest BCUT2D eigenvalue weighted by Gasteiger charge is -2.33. The third-order valence-corrected chi connectivity index (χ3v) is 7.29. The summed E-state index contributed by atoms with van der Waals surface area (Å²) in [7, 11) is 3.05. The second kappa shape index (κ2) is 15.6. The molecule has 0 radical (unpaired) electrons. The molecule has 42 heavy (non-hydrogen) atoms. The van der Waals surface area contributed by atoms with E-state index in [-0.39, 0.29) is 17.4 Å². The molecule has 8 heteroatoms. The average molecular weight is 574 g/mol. The molecule has 1 unspecified atom stereocenters. The molecular weight excluding hydrogens is 533 g/mol. The van der Waals surface area contributed by atoms with Crippen LogP contribution in [0.15, 0.2) is 66.7 Å². The number of aliphatic hydroxyl groups is 1. The first-order valence-corrected chi connectivity index (χ1v) is 14.4. The maximum absolute atomic E-state index is 15.6. The van der Waals surface area contributed by atoms with Crippen molar-refractivity contribution in [2.45, 2.75) is 52.2 Å². The van der Waals surface area contributed by atoms with Gasteiger partial charge in [-0.3, -0.25) is 9.69 Å². The summed E-state index contributed by atoms with van der Waals surface area (Å²) in [4.78, 5) is 26.6. The number of amides is 1. The molecule has 222 valence electrons. The molecule has 1 aliphatic rings. The zero-order chi connectivity index (χ0) is 30.6. The third-order valence-electron chi connectivity index (χ3n) is 7.29. The zero-order valence-corrected chi connectivity index (χ0v) is 24.7. The maximum atomic E-state index is 15.6. The van der Waals surface area contributed by atoms with Crippen molar-refractivity contribution in [1.82, 2.24) is 0 Å². The molecule has 7 nitrogen and oxygen atoms in total. The number of hydrogen-bond acceptors (Lipinski definition) is 6. The van der Waals surface area contributed by atoms with Crippen molar-refractivity contribution in [3.63, 3.8) is 0 Å². The zero-order valence-electron chi connectivity index (χ0n) is 24.7. The molecule has 1 atom stereocenters. The summed E-state index contributed by atoms with van der Waals surface area (Å²) in [6.07, 6.45) is 6.83. The van der Waals surface area contributed by atoms with Crippen LogP contribution in [0, 0.1) is 17.1 Å². The molecule has 3 N–H and O–H groups in total. The van der Waals surface area contributed by atoms with Crippen LogP contribution < -0.4 is 10.2 Å². The predicted octanol–water partition coefficient (Wildman–Crippen LogP) is 7.35. The minimum Gasteiger partial charge on any atom is -0.466 e. The van der Waals surface area contributed by atoms with Crippen LogP contribution in [0.1, 0.15) is 68.9 Å². The predicted molar refractivity (Wildman–Crippen MR) is 167 cm³/mol. The monoisotopic (exact) mass is 573 g/mol. The SMILES string of the molecule is CC.CNc1ccc(-c2ccc(C(O)N(C(=O)C3CCCCC3)c3cccc(/C=C/C(=O)OC)c3)c(F)c2)cc1C=N. The number of esters is 1. The lowest BCUT2D eigenvalue weighted by atomic mass is 9.88. The topological polar surface area (TPSA) is 103 Å². The van der Waals surface area contributed by atoms with Crippen molar-refractivity contribution >= 4 is 35.5 Å². The highest BCUT2D eigenvalue weighted by atomic mass is 19.1. The summed E-state index contributed by atoms with van der Waals surface area (Å²) in [5.74, 6) is -1.70. The fraction of sp³-hybridized carbons (Fsp3) is 0.324. The van der Waals surface area contributed by atoms with Crippen molar-refractivity contribution in [2.24, 2.45) is 5.92 Å². The summed E-state index contributed by atoms with van der Waals surface area (Å²) in [5, 5.41) is 22.2. The van der Waals surface area contributed by atoms with Crippen molar-refractivity contribution in [3.05, 3.63) is 89.2 Å². The number of nitrogens with one attached hydrogen (secondary N) is 2. The molecule has 0 aromatic heterocycles. The van der Waals surface area contributed by atoms with Crippen molar-refractivity contribution < 1.29 is 23.8 Å². The van der Waals surface area contributed by atoms with Gasteiger partial charge in [-0.15, -0.1) is 0 Å². The first-order chi connectivity index (χ1) is 20.4. The number of aliphatic hydroxyl groups excluding tert-OH is 1. The van der Waals surface area contributed by atoms with E-state index in [1.54, 1.807) is 49.5 Å². The number of anilines is 2. The van der Waals surface area contributed by atoms with Gasteiger partial charge in [-0.25, -0.2) is 9.18 Å². The molecule has 1 saturated carbocycles. The first-order valence-electron chi connectivity index (χ1n) is 14.4. The number of rotatable bonds is 9. The van der Waals surface area contributed by atoms with E-state index in [0.29, 0.717) is 35.2 Å². The molecule has 0 heterocycles. The van der Waals surface area contributed by atoms with E-state index < -0.39 is 18.0 Å². The molecule has 0 spiro atoms. The van der Waals surface area contributed by atoms with Crippen LogP contribution in [-0.4, -0.2) is 37.4 Å². The van der Waals surface area contributed by atoms with Crippen LogP contribution in [-0.2, 0) is 14.3 Å². The highest BCUT2D eigenvalue weighted by molar-refractivity contribution is 5.96. The molecule has 0 aliphatic heterocycles. The summed E-state index contributed by atoms with van der Waals surface area (Å²) in [6.45, 7) is 4.00. The number of carbonyl (C=O) groups is 2. The van der Waals surface area contributed by atoms with Crippen molar-refractivity contribution in [2.75, 3.05) is 24.4 Å². The smallest absolute Gasteiger partial charge is 0.330 e. The molecular formula is C34H40FN3O4. The maximum Gasteiger partial charge on any atom is 0.330 e. The van der Waals surface area contributed by atoms with Gasteiger partial charge in [0.05, 0.1) is 7.11 Å². The Morgan fingerprint density at radius 2 is 1.74 bits per heavy atom. The molecule has 4 rings (SSSR count). The third kappa shape index (κ3) is 7.70.